The first-order valence-corrected chi connectivity index (χ1v) is 8.92. The summed E-state index contributed by atoms with van der Waals surface area (Å²) in [6.45, 7) is 7.10. The van der Waals surface area contributed by atoms with Crippen LogP contribution in [0.3, 0.4) is 0 Å². The molecule has 3 aliphatic rings. The van der Waals surface area contributed by atoms with Gasteiger partial charge in [0.05, 0.1) is 5.75 Å². The molecule has 0 saturated carbocycles. The Morgan fingerprint density at radius 2 is 2.11 bits per heavy atom. The molecule has 1 N–H and O–H groups in total. The minimum atomic E-state index is -3.04. The monoisotopic (exact) mass is 274 g/mol. The first-order valence-electron chi connectivity index (χ1n) is 7.27. The van der Waals surface area contributed by atoms with Crippen LogP contribution in [0.15, 0.2) is 0 Å². The summed E-state index contributed by atoms with van der Waals surface area (Å²) in [5.74, 6) is 1.91. The van der Waals surface area contributed by atoms with Gasteiger partial charge >= 0.3 is 0 Å². The summed E-state index contributed by atoms with van der Waals surface area (Å²) in [7, 11) is -3.04. The van der Waals surface area contributed by atoms with Gasteiger partial charge in [0.15, 0.2) is 0 Å². The fourth-order valence-corrected chi connectivity index (χ4v) is 4.62. The van der Waals surface area contributed by atoms with Crippen molar-refractivity contribution in [2.45, 2.75) is 45.6 Å². The Kier molecular flexibility index (Phi) is 4.67. The van der Waals surface area contributed by atoms with E-state index in [0.29, 0.717) is 19.0 Å². The third kappa shape index (κ3) is 3.25. The smallest absolute Gasteiger partial charge is 0.211 e. The van der Waals surface area contributed by atoms with Crippen LogP contribution in [0.2, 0.25) is 0 Å². The van der Waals surface area contributed by atoms with Gasteiger partial charge in [-0.2, -0.15) is 0 Å². The predicted octanol–water partition coefficient (Wildman–Crippen LogP) is 1.44. The minimum absolute atomic E-state index is 0.251. The zero-order chi connectivity index (χ0) is 13.2. The molecule has 4 nitrogen and oxygen atoms in total. The molecule has 0 aromatic rings. The van der Waals surface area contributed by atoms with Crippen LogP contribution in [0.25, 0.3) is 0 Å². The molecule has 3 rings (SSSR count). The van der Waals surface area contributed by atoms with Gasteiger partial charge < -0.3 is 0 Å². The van der Waals surface area contributed by atoms with E-state index in [0.717, 1.165) is 18.4 Å². The Labute approximate surface area is 111 Å². The van der Waals surface area contributed by atoms with E-state index in [2.05, 4.69) is 16.5 Å². The van der Waals surface area contributed by atoms with Crippen molar-refractivity contribution >= 4 is 10.0 Å². The minimum Gasteiger partial charge on any atom is -0.299 e. The number of hydrogen-bond donors (Lipinski definition) is 1. The van der Waals surface area contributed by atoms with E-state index in [9.17, 15) is 8.42 Å². The van der Waals surface area contributed by atoms with E-state index in [4.69, 9.17) is 0 Å². The first-order chi connectivity index (χ1) is 8.55. The summed E-state index contributed by atoms with van der Waals surface area (Å²) in [6.07, 6.45) is 4.42. The normalized spacial score (nSPS) is 35.9. The Balaban J connectivity index is 1.86. The van der Waals surface area contributed by atoms with Gasteiger partial charge in [0.2, 0.25) is 10.0 Å². The average molecular weight is 274 g/mol. The van der Waals surface area contributed by atoms with E-state index in [1.165, 1.54) is 25.8 Å². The Bertz CT molecular complexity index is 369. The number of hydrogen-bond acceptors (Lipinski definition) is 3. The molecule has 0 amide bonds. The highest BCUT2D eigenvalue weighted by molar-refractivity contribution is 7.89. The fourth-order valence-electron chi connectivity index (χ4n) is 3.49. The molecule has 0 aromatic heterocycles. The van der Waals surface area contributed by atoms with Crippen molar-refractivity contribution in [2.24, 2.45) is 11.8 Å². The lowest BCUT2D eigenvalue weighted by Crippen LogP contribution is -2.56. The van der Waals surface area contributed by atoms with Crippen molar-refractivity contribution in [3.8, 4) is 0 Å². The maximum absolute atomic E-state index is 11.7. The quantitative estimate of drug-likeness (QED) is 0.797. The summed E-state index contributed by atoms with van der Waals surface area (Å²) < 4.78 is 26.1. The number of sulfonamides is 1. The van der Waals surface area contributed by atoms with Gasteiger partial charge in [-0.05, 0) is 37.6 Å². The van der Waals surface area contributed by atoms with Gasteiger partial charge in [-0.15, -0.1) is 0 Å². The van der Waals surface area contributed by atoms with Gasteiger partial charge in [-0.3, -0.25) is 4.90 Å². The summed E-state index contributed by atoms with van der Waals surface area (Å²) in [5, 5.41) is 0. The number of fused-ring (bicyclic) bond motifs is 3. The molecule has 1 unspecified atom stereocenters. The van der Waals surface area contributed by atoms with Gasteiger partial charge in [-0.1, -0.05) is 20.3 Å². The fraction of sp³-hybridized carbons (Fsp3) is 1.00. The van der Waals surface area contributed by atoms with E-state index >= 15 is 0 Å². The van der Waals surface area contributed by atoms with Crippen molar-refractivity contribution in [1.29, 1.82) is 0 Å². The summed E-state index contributed by atoms with van der Waals surface area (Å²) >= 11 is 0. The molecule has 0 aromatic carbocycles. The molecular formula is C13H26N2O2S. The Hall–Kier alpha value is -0.130. The maximum atomic E-state index is 11.7. The van der Waals surface area contributed by atoms with Gasteiger partial charge in [-0.25, -0.2) is 13.1 Å². The summed E-state index contributed by atoms with van der Waals surface area (Å²) in [4.78, 5) is 2.49. The van der Waals surface area contributed by atoms with Crippen LogP contribution >= 0.6 is 0 Å². The highest BCUT2D eigenvalue weighted by Gasteiger charge is 2.39. The van der Waals surface area contributed by atoms with Crippen LogP contribution in [0.5, 0.6) is 0 Å². The highest BCUT2D eigenvalue weighted by atomic mass is 32.2. The SMILES string of the molecule is CCCS(=O)(=O)NC[C@H]1C[C@H]2CCN1C[C@@H]2CC. The average Bonchev–Trinajstić information content (AvgIpc) is 2.37. The number of nitrogens with one attached hydrogen (secondary N) is 1. The molecule has 5 heteroatoms. The molecule has 3 saturated heterocycles. The molecular weight excluding hydrogens is 248 g/mol. The standard InChI is InChI=1S/C13H26N2O2S/c1-3-7-18(16,17)14-9-13-8-12-5-6-15(13)10-11(12)4-2/h11-14H,3-10H2,1-2H3/t11-,12+,13+/m0/s1. The molecule has 0 aliphatic carbocycles. The highest BCUT2D eigenvalue weighted by Crippen LogP contribution is 2.37. The third-order valence-electron chi connectivity index (χ3n) is 4.55. The zero-order valence-electron chi connectivity index (χ0n) is 11.6. The van der Waals surface area contributed by atoms with Crippen molar-refractivity contribution < 1.29 is 8.42 Å². The molecule has 3 heterocycles. The van der Waals surface area contributed by atoms with Crippen LogP contribution in [0.1, 0.15) is 39.5 Å². The first kappa shape index (κ1) is 14.3. The molecule has 0 spiro atoms. The van der Waals surface area contributed by atoms with E-state index in [-0.39, 0.29) is 5.75 Å². The molecule has 3 aliphatic heterocycles. The largest absolute Gasteiger partial charge is 0.299 e. The number of rotatable bonds is 6. The van der Waals surface area contributed by atoms with E-state index in [1.807, 2.05) is 6.92 Å². The zero-order valence-corrected chi connectivity index (χ0v) is 12.4. The second-order valence-corrected chi connectivity index (χ2v) is 7.70. The molecule has 0 radical (unpaired) electrons. The molecule has 2 bridgehead atoms. The third-order valence-corrected chi connectivity index (χ3v) is 6.10. The second-order valence-electron chi connectivity index (χ2n) is 5.77. The molecule has 3 fully saturated rings. The van der Waals surface area contributed by atoms with Crippen molar-refractivity contribution in [1.82, 2.24) is 9.62 Å². The molecule has 106 valence electrons. The van der Waals surface area contributed by atoms with Crippen LogP contribution in [-0.4, -0.2) is 44.7 Å². The lowest BCUT2D eigenvalue weighted by Gasteiger charge is -2.50. The predicted molar refractivity (Wildman–Crippen MR) is 73.9 cm³/mol. The topological polar surface area (TPSA) is 49.4 Å². The summed E-state index contributed by atoms with van der Waals surface area (Å²) in [5.41, 5.74) is 0. The summed E-state index contributed by atoms with van der Waals surface area (Å²) in [6, 6.07) is 0.429. The van der Waals surface area contributed by atoms with Crippen molar-refractivity contribution in [3.05, 3.63) is 0 Å². The Morgan fingerprint density at radius 1 is 1.33 bits per heavy atom. The number of piperidine rings is 3. The Morgan fingerprint density at radius 3 is 2.67 bits per heavy atom. The van der Waals surface area contributed by atoms with Gasteiger partial charge in [0.25, 0.3) is 0 Å². The molecule has 18 heavy (non-hydrogen) atoms. The van der Waals surface area contributed by atoms with Gasteiger partial charge in [0.1, 0.15) is 0 Å². The van der Waals surface area contributed by atoms with E-state index < -0.39 is 10.0 Å². The second kappa shape index (κ2) is 5.88. The van der Waals surface area contributed by atoms with Crippen molar-refractivity contribution in [3.63, 3.8) is 0 Å². The van der Waals surface area contributed by atoms with E-state index in [1.54, 1.807) is 0 Å². The molecule has 4 atom stereocenters. The van der Waals surface area contributed by atoms with Crippen LogP contribution in [0, 0.1) is 11.8 Å². The van der Waals surface area contributed by atoms with Crippen molar-refractivity contribution in [2.75, 3.05) is 25.4 Å². The van der Waals surface area contributed by atoms with Gasteiger partial charge in [0, 0.05) is 19.1 Å². The van der Waals surface area contributed by atoms with Crippen LogP contribution in [-0.2, 0) is 10.0 Å². The van der Waals surface area contributed by atoms with Crippen LogP contribution in [0.4, 0.5) is 0 Å². The number of nitrogens with zero attached hydrogens (tertiary/aromatic N) is 1. The van der Waals surface area contributed by atoms with Crippen LogP contribution < -0.4 is 4.72 Å². The lowest BCUT2D eigenvalue weighted by atomic mass is 9.74. The lowest BCUT2D eigenvalue weighted by molar-refractivity contribution is 0.00237. The maximum Gasteiger partial charge on any atom is 0.211 e.